The summed E-state index contributed by atoms with van der Waals surface area (Å²) in [7, 11) is 1.47. The van der Waals surface area contributed by atoms with Crippen molar-refractivity contribution in [1.29, 1.82) is 0 Å². The maximum absolute atomic E-state index is 12.6. The molecular weight excluding hydrogens is 259 g/mol. The van der Waals surface area contributed by atoms with Crippen LogP contribution in [0.4, 0.5) is 18.9 Å². The van der Waals surface area contributed by atoms with Gasteiger partial charge in [-0.25, -0.2) is 4.98 Å². The number of aromatic amines is 1. The Morgan fingerprint density at radius 3 is 2.47 bits per heavy atom. The molecule has 3 N–H and O–H groups in total. The van der Waals surface area contributed by atoms with Gasteiger partial charge in [0.05, 0.1) is 18.5 Å². The Morgan fingerprint density at radius 2 is 2.00 bits per heavy atom. The molecule has 7 heteroatoms. The van der Waals surface area contributed by atoms with E-state index in [0.29, 0.717) is 22.7 Å². The van der Waals surface area contributed by atoms with Crippen LogP contribution < -0.4 is 10.5 Å². The highest BCUT2D eigenvalue weighted by atomic mass is 19.4. The fourth-order valence-corrected chi connectivity index (χ4v) is 1.76. The number of halogens is 3. The third-order valence-electron chi connectivity index (χ3n) is 2.66. The molecule has 0 radical (unpaired) electrons. The highest BCUT2D eigenvalue weighted by Gasteiger charge is 2.35. The van der Waals surface area contributed by atoms with Crippen LogP contribution in [0.3, 0.4) is 0 Å². The summed E-state index contributed by atoms with van der Waals surface area (Å²) in [5.74, 6) is -0.553. The van der Waals surface area contributed by atoms with Crippen molar-refractivity contribution in [3.63, 3.8) is 0 Å². The Bertz CT molecular complexity index is 605. The largest absolute Gasteiger partial charge is 0.495 e. The number of rotatable bonds is 2. The number of benzene rings is 1. The number of H-pyrrole nitrogens is 1. The van der Waals surface area contributed by atoms with Crippen molar-refractivity contribution in [3.05, 3.63) is 29.7 Å². The van der Waals surface area contributed by atoms with Gasteiger partial charge in [-0.15, -0.1) is 0 Å². The van der Waals surface area contributed by atoms with Gasteiger partial charge in [0.1, 0.15) is 5.75 Å². The second kappa shape index (κ2) is 4.49. The fraction of sp³-hybridized carbons (Fsp3) is 0.250. The molecule has 0 bridgehead atoms. The molecule has 1 aromatic carbocycles. The molecule has 0 saturated heterocycles. The molecule has 1 aromatic heterocycles. The molecule has 0 spiro atoms. The molecule has 0 unspecified atom stereocenters. The Labute approximate surface area is 107 Å². The van der Waals surface area contributed by atoms with Gasteiger partial charge >= 0.3 is 6.18 Å². The molecule has 0 saturated carbocycles. The van der Waals surface area contributed by atoms with Gasteiger partial charge in [0, 0.05) is 11.3 Å². The SMILES string of the molecule is COc1ccc(-c2nc(C(F)(F)F)[nH]c2C)cc1N. The zero-order chi connectivity index (χ0) is 14.2. The molecule has 2 rings (SSSR count). The van der Waals surface area contributed by atoms with Crippen molar-refractivity contribution in [2.24, 2.45) is 0 Å². The number of nitrogens with two attached hydrogens (primary N) is 1. The Morgan fingerprint density at radius 1 is 1.32 bits per heavy atom. The highest BCUT2D eigenvalue weighted by Crippen LogP contribution is 2.33. The average molecular weight is 271 g/mol. The molecule has 19 heavy (non-hydrogen) atoms. The van der Waals surface area contributed by atoms with E-state index in [1.165, 1.54) is 20.1 Å². The van der Waals surface area contributed by atoms with Crippen LogP contribution in [-0.2, 0) is 6.18 Å². The van der Waals surface area contributed by atoms with Crippen molar-refractivity contribution in [2.75, 3.05) is 12.8 Å². The Balaban J connectivity index is 2.48. The van der Waals surface area contributed by atoms with Crippen molar-refractivity contribution in [3.8, 4) is 17.0 Å². The number of nitrogen functional groups attached to an aromatic ring is 1. The van der Waals surface area contributed by atoms with Gasteiger partial charge in [-0.3, -0.25) is 0 Å². The van der Waals surface area contributed by atoms with Crippen LogP contribution in [0.5, 0.6) is 5.75 Å². The number of aryl methyl sites for hydroxylation is 1. The van der Waals surface area contributed by atoms with Crippen LogP contribution in [0.2, 0.25) is 0 Å². The summed E-state index contributed by atoms with van der Waals surface area (Å²) in [6.07, 6.45) is -4.50. The predicted octanol–water partition coefficient (Wildman–Crippen LogP) is 2.99. The molecule has 0 amide bonds. The number of anilines is 1. The van der Waals surface area contributed by atoms with E-state index in [1.54, 1.807) is 12.1 Å². The summed E-state index contributed by atoms with van der Waals surface area (Å²) in [5.41, 5.74) is 7.13. The second-order valence-corrected chi connectivity index (χ2v) is 4.01. The van der Waals surface area contributed by atoms with Crippen molar-refractivity contribution in [2.45, 2.75) is 13.1 Å². The monoisotopic (exact) mass is 271 g/mol. The van der Waals surface area contributed by atoms with Gasteiger partial charge < -0.3 is 15.5 Å². The van der Waals surface area contributed by atoms with Crippen molar-refractivity contribution >= 4 is 5.69 Å². The van der Waals surface area contributed by atoms with Gasteiger partial charge in [-0.2, -0.15) is 13.2 Å². The van der Waals surface area contributed by atoms with Crippen LogP contribution in [0.1, 0.15) is 11.5 Å². The molecule has 0 aliphatic rings. The van der Waals surface area contributed by atoms with E-state index >= 15 is 0 Å². The number of hydrogen-bond donors (Lipinski definition) is 2. The smallest absolute Gasteiger partial charge is 0.449 e. The normalized spacial score (nSPS) is 11.6. The maximum atomic E-state index is 12.6. The highest BCUT2D eigenvalue weighted by molar-refractivity contribution is 5.69. The number of aromatic nitrogens is 2. The van der Waals surface area contributed by atoms with E-state index in [1.807, 2.05) is 0 Å². The third-order valence-corrected chi connectivity index (χ3v) is 2.66. The topological polar surface area (TPSA) is 63.9 Å². The summed E-state index contributed by atoms with van der Waals surface area (Å²) < 4.78 is 42.7. The van der Waals surface area contributed by atoms with Gasteiger partial charge in [0.25, 0.3) is 0 Å². The number of ether oxygens (including phenoxy) is 1. The first-order chi connectivity index (χ1) is 8.82. The molecule has 0 atom stereocenters. The Kier molecular flexibility index (Phi) is 3.13. The summed E-state index contributed by atoms with van der Waals surface area (Å²) in [4.78, 5) is 5.79. The van der Waals surface area contributed by atoms with E-state index in [-0.39, 0.29) is 5.69 Å². The van der Waals surface area contributed by atoms with E-state index < -0.39 is 12.0 Å². The molecule has 4 nitrogen and oxygen atoms in total. The summed E-state index contributed by atoms with van der Waals surface area (Å²) in [6.45, 7) is 1.53. The molecule has 0 fully saturated rings. The summed E-state index contributed by atoms with van der Waals surface area (Å²) in [6, 6.07) is 4.73. The summed E-state index contributed by atoms with van der Waals surface area (Å²) in [5, 5.41) is 0. The van der Waals surface area contributed by atoms with Crippen LogP contribution in [0.25, 0.3) is 11.3 Å². The molecular formula is C12H12F3N3O. The Hall–Kier alpha value is -2.18. The summed E-state index contributed by atoms with van der Waals surface area (Å²) >= 11 is 0. The number of nitrogens with one attached hydrogen (secondary N) is 1. The van der Waals surface area contributed by atoms with E-state index in [0.717, 1.165) is 0 Å². The van der Waals surface area contributed by atoms with Gasteiger partial charge in [-0.05, 0) is 25.1 Å². The third kappa shape index (κ3) is 2.49. The number of hydrogen-bond acceptors (Lipinski definition) is 3. The first-order valence-corrected chi connectivity index (χ1v) is 5.40. The minimum atomic E-state index is -4.50. The first-order valence-electron chi connectivity index (χ1n) is 5.40. The minimum Gasteiger partial charge on any atom is -0.495 e. The predicted molar refractivity (Wildman–Crippen MR) is 64.7 cm³/mol. The average Bonchev–Trinajstić information content (AvgIpc) is 2.71. The number of nitrogens with zero attached hydrogens (tertiary/aromatic N) is 1. The first kappa shape index (κ1) is 13.3. The number of methoxy groups -OCH3 is 1. The fourth-order valence-electron chi connectivity index (χ4n) is 1.76. The van der Waals surface area contributed by atoms with Gasteiger partial charge in [-0.1, -0.05) is 0 Å². The van der Waals surface area contributed by atoms with Crippen LogP contribution >= 0.6 is 0 Å². The number of alkyl halides is 3. The van der Waals surface area contributed by atoms with E-state index in [2.05, 4.69) is 9.97 Å². The second-order valence-electron chi connectivity index (χ2n) is 4.01. The van der Waals surface area contributed by atoms with Gasteiger partial charge in [0.2, 0.25) is 5.82 Å². The molecule has 102 valence electrons. The lowest BCUT2D eigenvalue weighted by atomic mass is 10.1. The van der Waals surface area contributed by atoms with Crippen LogP contribution in [-0.4, -0.2) is 17.1 Å². The quantitative estimate of drug-likeness (QED) is 0.825. The van der Waals surface area contributed by atoms with E-state index in [9.17, 15) is 13.2 Å². The molecule has 1 heterocycles. The van der Waals surface area contributed by atoms with Crippen LogP contribution in [0.15, 0.2) is 18.2 Å². The van der Waals surface area contributed by atoms with E-state index in [4.69, 9.17) is 10.5 Å². The maximum Gasteiger partial charge on any atom is 0.449 e. The lowest BCUT2D eigenvalue weighted by Gasteiger charge is -2.06. The standard InChI is InChI=1S/C12H12F3N3O/c1-6-10(18-11(17-6)12(13,14)15)7-3-4-9(19-2)8(16)5-7/h3-5H,16H2,1-2H3,(H,17,18). The lowest BCUT2D eigenvalue weighted by molar-refractivity contribution is -0.144. The lowest BCUT2D eigenvalue weighted by Crippen LogP contribution is -2.07. The minimum absolute atomic E-state index is 0.224. The van der Waals surface area contributed by atoms with Crippen LogP contribution in [0, 0.1) is 6.92 Å². The number of imidazole rings is 1. The zero-order valence-electron chi connectivity index (χ0n) is 10.3. The molecule has 0 aliphatic heterocycles. The molecule has 2 aromatic rings. The van der Waals surface area contributed by atoms with Crippen molar-refractivity contribution in [1.82, 2.24) is 9.97 Å². The van der Waals surface area contributed by atoms with Crippen molar-refractivity contribution < 1.29 is 17.9 Å². The molecule has 0 aliphatic carbocycles. The zero-order valence-corrected chi connectivity index (χ0v) is 10.3. The van der Waals surface area contributed by atoms with Gasteiger partial charge in [0.15, 0.2) is 0 Å².